The number of hydrogen-bond acceptors (Lipinski definition) is 2. The second-order valence-corrected chi connectivity index (χ2v) is 4.29. The monoisotopic (exact) mass is 222 g/mol. The van der Waals surface area contributed by atoms with Gasteiger partial charge in [0.05, 0.1) is 4.99 Å². The molecule has 1 unspecified atom stereocenters. The fraction of sp³-hybridized carbons (Fsp3) is 0.417. The Bertz CT molecular complexity index is 319. The predicted molar refractivity (Wildman–Crippen MR) is 70.3 cm³/mol. The lowest BCUT2D eigenvalue weighted by molar-refractivity contribution is 0.839. The molecule has 1 atom stereocenters. The van der Waals surface area contributed by atoms with E-state index in [1.807, 2.05) is 0 Å². The fourth-order valence-electron chi connectivity index (χ4n) is 1.47. The molecule has 0 saturated carbocycles. The molecule has 0 saturated heterocycles. The molecule has 1 rings (SSSR count). The maximum absolute atomic E-state index is 5.48. The standard InChI is InChI=1S/C12H18N2S/c1-3-10-4-6-11(7-5-10)14-9(2)8-12(13)15/h4-7,9,14H,3,8H2,1-2H3,(H2,13,15). The molecule has 1 aromatic rings. The Morgan fingerprint density at radius 2 is 2.00 bits per heavy atom. The van der Waals surface area contributed by atoms with Gasteiger partial charge in [0.25, 0.3) is 0 Å². The zero-order valence-electron chi connectivity index (χ0n) is 9.29. The molecule has 82 valence electrons. The minimum atomic E-state index is 0.287. The zero-order chi connectivity index (χ0) is 11.3. The van der Waals surface area contributed by atoms with Crippen LogP contribution in [-0.2, 0) is 6.42 Å². The third-order valence-corrected chi connectivity index (χ3v) is 2.45. The van der Waals surface area contributed by atoms with Crippen LogP contribution in [0.4, 0.5) is 5.69 Å². The summed E-state index contributed by atoms with van der Waals surface area (Å²) in [5, 5.41) is 3.36. The molecule has 0 aliphatic carbocycles. The van der Waals surface area contributed by atoms with Crippen LogP contribution in [0, 0.1) is 0 Å². The van der Waals surface area contributed by atoms with Crippen LogP contribution in [0.2, 0.25) is 0 Å². The summed E-state index contributed by atoms with van der Waals surface area (Å²) in [7, 11) is 0. The maximum Gasteiger partial charge on any atom is 0.0747 e. The average Bonchev–Trinajstić information content (AvgIpc) is 2.17. The van der Waals surface area contributed by atoms with Gasteiger partial charge in [-0.2, -0.15) is 0 Å². The Labute approximate surface area is 96.9 Å². The largest absolute Gasteiger partial charge is 0.393 e. The number of rotatable bonds is 5. The van der Waals surface area contributed by atoms with E-state index in [0.29, 0.717) is 4.99 Å². The van der Waals surface area contributed by atoms with Crippen molar-refractivity contribution < 1.29 is 0 Å². The minimum absolute atomic E-state index is 0.287. The van der Waals surface area contributed by atoms with Crippen molar-refractivity contribution in [3.05, 3.63) is 29.8 Å². The molecule has 15 heavy (non-hydrogen) atoms. The molecule has 0 aromatic heterocycles. The zero-order valence-corrected chi connectivity index (χ0v) is 10.1. The van der Waals surface area contributed by atoms with Crippen molar-refractivity contribution >= 4 is 22.9 Å². The molecular weight excluding hydrogens is 204 g/mol. The number of aryl methyl sites for hydroxylation is 1. The van der Waals surface area contributed by atoms with Gasteiger partial charge in [-0.1, -0.05) is 31.3 Å². The summed E-state index contributed by atoms with van der Waals surface area (Å²) in [6.07, 6.45) is 1.80. The van der Waals surface area contributed by atoms with Gasteiger partial charge >= 0.3 is 0 Å². The first-order valence-electron chi connectivity index (χ1n) is 5.25. The smallest absolute Gasteiger partial charge is 0.0747 e. The van der Waals surface area contributed by atoms with Crippen LogP contribution in [-0.4, -0.2) is 11.0 Å². The van der Waals surface area contributed by atoms with Crippen molar-refractivity contribution in [3.63, 3.8) is 0 Å². The van der Waals surface area contributed by atoms with Crippen molar-refractivity contribution in [2.45, 2.75) is 32.7 Å². The lowest BCUT2D eigenvalue weighted by Crippen LogP contribution is -2.22. The van der Waals surface area contributed by atoms with E-state index in [-0.39, 0.29) is 6.04 Å². The van der Waals surface area contributed by atoms with E-state index in [2.05, 4.69) is 43.4 Å². The summed E-state index contributed by atoms with van der Waals surface area (Å²) in [5.74, 6) is 0. The summed E-state index contributed by atoms with van der Waals surface area (Å²) in [5.41, 5.74) is 7.95. The van der Waals surface area contributed by atoms with Crippen LogP contribution in [0.5, 0.6) is 0 Å². The van der Waals surface area contributed by atoms with Gasteiger partial charge in [0.1, 0.15) is 0 Å². The van der Waals surface area contributed by atoms with Crippen LogP contribution >= 0.6 is 12.2 Å². The van der Waals surface area contributed by atoms with E-state index < -0.39 is 0 Å². The first kappa shape index (κ1) is 12.0. The summed E-state index contributed by atoms with van der Waals surface area (Å²) < 4.78 is 0. The summed E-state index contributed by atoms with van der Waals surface area (Å²) in [6, 6.07) is 8.74. The molecule has 3 heteroatoms. The van der Waals surface area contributed by atoms with Crippen LogP contribution in [0.15, 0.2) is 24.3 Å². The fourth-order valence-corrected chi connectivity index (χ4v) is 1.72. The molecule has 2 nitrogen and oxygen atoms in total. The highest BCUT2D eigenvalue weighted by molar-refractivity contribution is 7.80. The van der Waals surface area contributed by atoms with Gasteiger partial charge in [-0.3, -0.25) is 0 Å². The number of benzene rings is 1. The van der Waals surface area contributed by atoms with E-state index in [0.717, 1.165) is 18.5 Å². The molecule has 0 bridgehead atoms. The lowest BCUT2D eigenvalue weighted by Gasteiger charge is -2.14. The molecule has 0 aliphatic heterocycles. The Morgan fingerprint density at radius 3 is 2.47 bits per heavy atom. The SMILES string of the molecule is CCc1ccc(NC(C)CC(N)=S)cc1. The summed E-state index contributed by atoms with van der Waals surface area (Å²) in [6.45, 7) is 4.23. The summed E-state index contributed by atoms with van der Waals surface area (Å²) in [4.78, 5) is 0.556. The van der Waals surface area contributed by atoms with Crippen LogP contribution in [0.3, 0.4) is 0 Å². The number of thiocarbonyl (C=S) groups is 1. The van der Waals surface area contributed by atoms with Crippen molar-refractivity contribution in [1.82, 2.24) is 0 Å². The average molecular weight is 222 g/mol. The molecule has 0 radical (unpaired) electrons. The van der Waals surface area contributed by atoms with E-state index >= 15 is 0 Å². The van der Waals surface area contributed by atoms with Crippen molar-refractivity contribution in [2.75, 3.05) is 5.32 Å². The third-order valence-electron chi connectivity index (χ3n) is 2.28. The Balaban J connectivity index is 2.53. The van der Waals surface area contributed by atoms with E-state index in [9.17, 15) is 0 Å². The van der Waals surface area contributed by atoms with Crippen LogP contribution in [0.1, 0.15) is 25.8 Å². The number of nitrogens with one attached hydrogen (secondary N) is 1. The van der Waals surface area contributed by atoms with Gasteiger partial charge in [0, 0.05) is 18.2 Å². The second kappa shape index (κ2) is 5.71. The highest BCUT2D eigenvalue weighted by Gasteiger charge is 2.02. The number of hydrogen-bond donors (Lipinski definition) is 2. The second-order valence-electron chi connectivity index (χ2n) is 3.77. The third kappa shape index (κ3) is 4.30. The molecule has 0 aliphatic rings. The van der Waals surface area contributed by atoms with Gasteiger partial charge in [-0.25, -0.2) is 0 Å². The van der Waals surface area contributed by atoms with Gasteiger partial charge in [0.2, 0.25) is 0 Å². The molecule has 3 N–H and O–H groups in total. The van der Waals surface area contributed by atoms with Crippen LogP contribution in [0.25, 0.3) is 0 Å². The highest BCUT2D eigenvalue weighted by Crippen LogP contribution is 2.12. The maximum atomic E-state index is 5.48. The minimum Gasteiger partial charge on any atom is -0.393 e. The van der Waals surface area contributed by atoms with Crippen molar-refractivity contribution in [1.29, 1.82) is 0 Å². The highest BCUT2D eigenvalue weighted by atomic mass is 32.1. The quantitative estimate of drug-likeness (QED) is 0.752. The molecule has 0 fully saturated rings. The molecule has 0 spiro atoms. The van der Waals surface area contributed by atoms with Gasteiger partial charge in [-0.05, 0) is 31.0 Å². The summed E-state index contributed by atoms with van der Waals surface area (Å²) >= 11 is 4.87. The first-order chi connectivity index (χ1) is 7.11. The lowest BCUT2D eigenvalue weighted by atomic mass is 10.1. The van der Waals surface area contributed by atoms with E-state index in [1.165, 1.54) is 5.56 Å². The van der Waals surface area contributed by atoms with E-state index in [1.54, 1.807) is 0 Å². The van der Waals surface area contributed by atoms with Gasteiger partial charge < -0.3 is 11.1 Å². The molecule has 0 heterocycles. The predicted octanol–water partition coefficient (Wildman–Crippen LogP) is 2.73. The molecular formula is C12H18N2S. The van der Waals surface area contributed by atoms with E-state index in [4.69, 9.17) is 18.0 Å². The van der Waals surface area contributed by atoms with Crippen molar-refractivity contribution in [2.24, 2.45) is 5.73 Å². The topological polar surface area (TPSA) is 38.0 Å². The van der Waals surface area contributed by atoms with Gasteiger partial charge in [-0.15, -0.1) is 0 Å². The number of nitrogens with two attached hydrogens (primary N) is 1. The normalized spacial score (nSPS) is 12.1. The Kier molecular flexibility index (Phi) is 4.56. The van der Waals surface area contributed by atoms with Gasteiger partial charge in [0.15, 0.2) is 0 Å². The van der Waals surface area contributed by atoms with Crippen LogP contribution < -0.4 is 11.1 Å². The molecule has 0 amide bonds. The number of anilines is 1. The Hall–Kier alpha value is -1.09. The Morgan fingerprint density at radius 1 is 1.40 bits per heavy atom. The molecule has 1 aromatic carbocycles. The first-order valence-corrected chi connectivity index (χ1v) is 5.66. The van der Waals surface area contributed by atoms with Crippen molar-refractivity contribution in [3.8, 4) is 0 Å².